The zero-order valence-electron chi connectivity index (χ0n) is 15.9. The summed E-state index contributed by atoms with van der Waals surface area (Å²) in [5, 5.41) is 0. The highest BCUT2D eigenvalue weighted by Crippen LogP contribution is 2.20. The number of ether oxygens (including phenoxy) is 2. The van der Waals surface area contributed by atoms with Gasteiger partial charge in [-0.25, -0.2) is 4.79 Å². The molecule has 0 aliphatic rings. The van der Waals surface area contributed by atoms with Gasteiger partial charge in [0.05, 0.1) is 12.5 Å². The van der Waals surface area contributed by atoms with Crippen molar-refractivity contribution in [3.05, 3.63) is 42.0 Å². The zero-order valence-corrected chi connectivity index (χ0v) is 15.9. The molecular weight excluding hydrogens is 316 g/mol. The first-order valence-electron chi connectivity index (χ1n) is 8.90. The van der Waals surface area contributed by atoms with Gasteiger partial charge in [0.2, 0.25) is 0 Å². The molecule has 0 saturated heterocycles. The quantitative estimate of drug-likeness (QED) is 0.488. The van der Waals surface area contributed by atoms with E-state index in [1.165, 1.54) is 6.08 Å². The summed E-state index contributed by atoms with van der Waals surface area (Å²) in [6, 6.07) is 9.52. The molecule has 4 heteroatoms. The van der Waals surface area contributed by atoms with Gasteiger partial charge < -0.3 is 9.47 Å². The van der Waals surface area contributed by atoms with E-state index in [1.54, 1.807) is 13.0 Å². The molecule has 4 nitrogen and oxygen atoms in total. The standard InChI is InChI=1S/C21H30O4/c1-15(2)13-19(21(23)24-14-16(3)4)17(5)25-20(22)12-11-18-9-7-6-8-10-18/h6-12,15-17,19H,13-14H2,1-5H3. The molecule has 1 aromatic carbocycles. The molecule has 0 spiro atoms. The summed E-state index contributed by atoms with van der Waals surface area (Å²) in [6.07, 6.45) is 3.17. The maximum atomic E-state index is 12.4. The van der Waals surface area contributed by atoms with Crippen molar-refractivity contribution in [2.24, 2.45) is 17.8 Å². The summed E-state index contributed by atoms with van der Waals surface area (Å²) in [4.78, 5) is 24.4. The van der Waals surface area contributed by atoms with Gasteiger partial charge in [0.25, 0.3) is 0 Å². The van der Waals surface area contributed by atoms with Crippen molar-refractivity contribution >= 4 is 18.0 Å². The maximum absolute atomic E-state index is 12.4. The van der Waals surface area contributed by atoms with Crippen LogP contribution in [0.15, 0.2) is 36.4 Å². The second kappa shape index (κ2) is 10.7. The van der Waals surface area contributed by atoms with Gasteiger partial charge in [-0.3, -0.25) is 4.79 Å². The molecule has 0 aliphatic carbocycles. The molecule has 0 heterocycles. The smallest absolute Gasteiger partial charge is 0.331 e. The second-order valence-corrected chi connectivity index (χ2v) is 7.15. The molecule has 25 heavy (non-hydrogen) atoms. The highest BCUT2D eigenvalue weighted by atomic mass is 16.6. The van der Waals surface area contributed by atoms with Crippen LogP contribution >= 0.6 is 0 Å². The van der Waals surface area contributed by atoms with Crippen molar-refractivity contribution in [3.8, 4) is 0 Å². The van der Waals surface area contributed by atoms with Gasteiger partial charge in [-0.05, 0) is 36.8 Å². The van der Waals surface area contributed by atoms with E-state index in [-0.39, 0.29) is 11.9 Å². The number of hydrogen-bond acceptors (Lipinski definition) is 4. The minimum absolute atomic E-state index is 0.273. The van der Waals surface area contributed by atoms with E-state index in [9.17, 15) is 9.59 Å². The van der Waals surface area contributed by atoms with Crippen LogP contribution in [0, 0.1) is 17.8 Å². The van der Waals surface area contributed by atoms with Crippen LogP contribution in [0.25, 0.3) is 6.08 Å². The van der Waals surface area contributed by atoms with Crippen molar-refractivity contribution in [1.29, 1.82) is 0 Å². The Bertz CT molecular complexity index is 561. The van der Waals surface area contributed by atoms with Gasteiger partial charge in [-0.1, -0.05) is 58.0 Å². The first-order chi connectivity index (χ1) is 11.8. The third-order valence-electron chi connectivity index (χ3n) is 3.67. The number of esters is 2. The van der Waals surface area contributed by atoms with E-state index in [0.717, 1.165) is 5.56 Å². The SMILES string of the molecule is CC(C)COC(=O)C(CC(C)C)C(C)OC(=O)C=Cc1ccccc1. The number of benzene rings is 1. The third-order valence-corrected chi connectivity index (χ3v) is 3.67. The van der Waals surface area contributed by atoms with E-state index in [0.29, 0.717) is 18.9 Å². The van der Waals surface area contributed by atoms with Gasteiger partial charge in [0.15, 0.2) is 0 Å². The highest BCUT2D eigenvalue weighted by molar-refractivity contribution is 5.87. The Morgan fingerprint density at radius 2 is 1.64 bits per heavy atom. The second-order valence-electron chi connectivity index (χ2n) is 7.15. The van der Waals surface area contributed by atoms with E-state index < -0.39 is 18.0 Å². The van der Waals surface area contributed by atoms with Crippen LogP contribution in [0.5, 0.6) is 0 Å². The van der Waals surface area contributed by atoms with Crippen LogP contribution in [-0.4, -0.2) is 24.6 Å². The Morgan fingerprint density at radius 1 is 1.00 bits per heavy atom. The molecule has 0 bridgehead atoms. The molecule has 0 fully saturated rings. The Balaban J connectivity index is 2.66. The maximum Gasteiger partial charge on any atom is 0.331 e. The molecule has 0 aliphatic heterocycles. The number of carbonyl (C=O) groups excluding carboxylic acids is 2. The predicted molar refractivity (Wildman–Crippen MR) is 99.8 cm³/mol. The molecule has 0 amide bonds. The molecule has 1 rings (SSSR count). The lowest BCUT2D eigenvalue weighted by Gasteiger charge is -2.24. The van der Waals surface area contributed by atoms with Crippen molar-refractivity contribution in [2.45, 2.75) is 47.1 Å². The molecule has 1 aromatic rings. The normalized spacial score (nSPS) is 13.9. The monoisotopic (exact) mass is 346 g/mol. The van der Waals surface area contributed by atoms with Gasteiger partial charge in [0, 0.05) is 6.08 Å². The molecule has 0 radical (unpaired) electrons. The lowest BCUT2D eigenvalue weighted by Crippen LogP contribution is -2.33. The number of hydrogen-bond donors (Lipinski definition) is 0. The summed E-state index contributed by atoms with van der Waals surface area (Å²) >= 11 is 0. The molecule has 0 N–H and O–H groups in total. The third kappa shape index (κ3) is 8.52. The van der Waals surface area contributed by atoms with E-state index in [4.69, 9.17) is 9.47 Å². The summed E-state index contributed by atoms with van der Waals surface area (Å²) < 4.78 is 10.8. The Morgan fingerprint density at radius 3 is 2.20 bits per heavy atom. The summed E-state index contributed by atoms with van der Waals surface area (Å²) in [5.41, 5.74) is 0.919. The zero-order chi connectivity index (χ0) is 18.8. The Kier molecular flexibility index (Phi) is 8.96. The first-order valence-corrected chi connectivity index (χ1v) is 8.90. The molecule has 2 unspecified atom stereocenters. The lowest BCUT2D eigenvalue weighted by atomic mass is 9.93. The van der Waals surface area contributed by atoms with Crippen molar-refractivity contribution in [3.63, 3.8) is 0 Å². The van der Waals surface area contributed by atoms with Gasteiger partial charge in [-0.2, -0.15) is 0 Å². The van der Waals surface area contributed by atoms with Crippen LogP contribution in [0.2, 0.25) is 0 Å². The number of rotatable bonds is 9. The van der Waals surface area contributed by atoms with Gasteiger partial charge in [0.1, 0.15) is 6.10 Å². The Hall–Kier alpha value is -2.10. The molecule has 138 valence electrons. The average Bonchev–Trinajstić information content (AvgIpc) is 2.56. The minimum Gasteiger partial charge on any atom is -0.465 e. The molecule has 0 saturated carbocycles. The lowest BCUT2D eigenvalue weighted by molar-refractivity contribution is -0.160. The Labute approximate surface area is 151 Å². The minimum atomic E-state index is -0.532. The fourth-order valence-corrected chi connectivity index (χ4v) is 2.38. The molecular formula is C21H30O4. The molecule has 2 atom stereocenters. The fourth-order valence-electron chi connectivity index (χ4n) is 2.38. The van der Waals surface area contributed by atoms with E-state index in [2.05, 4.69) is 0 Å². The summed E-state index contributed by atoms with van der Waals surface area (Å²) in [6.45, 7) is 10.2. The van der Waals surface area contributed by atoms with Gasteiger partial charge >= 0.3 is 11.9 Å². The summed E-state index contributed by atoms with van der Waals surface area (Å²) in [5.74, 6) is -0.628. The first kappa shape index (κ1) is 20.9. The van der Waals surface area contributed by atoms with Crippen LogP contribution in [0.3, 0.4) is 0 Å². The van der Waals surface area contributed by atoms with E-state index in [1.807, 2.05) is 58.0 Å². The van der Waals surface area contributed by atoms with Crippen molar-refractivity contribution in [2.75, 3.05) is 6.61 Å². The van der Waals surface area contributed by atoms with E-state index >= 15 is 0 Å². The van der Waals surface area contributed by atoms with Crippen LogP contribution in [-0.2, 0) is 19.1 Å². The van der Waals surface area contributed by atoms with Crippen LogP contribution in [0.4, 0.5) is 0 Å². The fraction of sp³-hybridized carbons (Fsp3) is 0.524. The number of carbonyl (C=O) groups is 2. The largest absolute Gasteiger partial charge is 0.465 e. The predicted octanol–water partition coefficient (Wildman–Crippen LogP) is 4.49. The van der Waals surface area contributed by atoms with Crippen molar-refractivity contribution < 1.29 is 19.1 Å². The van der Waals surface area contributed by atoms with Gasteiger partial charge in [-0.15, -0.1) is 0 Å². The summed E-state index contributed by atoms with van der Waals surface area (Å²) in [7, 11) is 0. The highest BCUT2D eigenvalue weighted by Gasteiger charge is 2.30. The van der Waals surface area contributed by atoms with Crippen LogP contribution < -0.4 is 0 Å². The average molecular weight is 346 g/mol. The molecule has 0 aromatic heterocycles. The van der Waals surface area contributed by atoms with Crippen molar-refractivity contribution in [1.82, 2.24) is 0 Å². The van der Waals surface area contributed by atoms with Crippen LogP contribution in [0.1, 0.15) is 46.6 Å². The topological polar surface area (TPSA) is 52.6 Å².